The number of fused-ring (bicyclic) bond motifs is 2. The van der Waals surface area contributed by atoms with Crippen LogP contribution in [-0.4, -0.2) is 24.6 Å². The van der Waals surface area contributed by atoms with Gasteiger partial charge in [-0.05, 0) is 42.6 Å². The number of nitrogens with two attached hydrogens (primary N) is 1. The van der Waals surface area contributed by atoms with Gasteiger partial charge < -0.3 is 11.1 Å². The molecule has 2 saturated carbocycles. The maximum atomic E-state index is 12.1. The third-order valence-electron chi connectivity index (χ3n) is 4.42. The average Bonchev–Trinajstić information content (AvgIpc) is 3.05. The Bertz CT molecular complexity index is 582. The van der Waals surface area contributed by atoms with Crippen molar-refractivity contribution < 1.29 is 8.42 Å². The fraction of sp³-hybridized carbons (Fsp3) is 0.750. The Morgan fingerprint density at radius 3 is 2.79 bits per heavy atom. The van der Waals surface area contributed by atoms with Crippen molar-refractivity contribution in [3.8, 4) is 0 Å². The van der Waals surface area contributed by atoms with E-state index in [1.807, 2.05) is 0 Å². The van der Waals surface area contributed by atoms with Crippen molar-refractivity contribution in [1.82, 2.24) is 4.37 Å². The lowest BCUT2D eigenvalue weighted by Crippen LogP contribution is -2.26. The molecular weight excluding hydrogens is 282 g/mol. The predicted octanol–water partition coefficient (Wildman–Crippen LogP) is 2.12. The molecule has 7 heteroatoms. The van der Waals surface area contributed by atoms with E-state index in [0.717, 1.165) is 12.3 Å². The highest BCUT2D eigenvalue weighted by molar-refractivity contribution is 7.91. The highest BCUT2D eigenvalue weighted by atomic mass is 32.2. The van der Waals surface area contributed by atoms with Gasteiger partial charge in [-0.15, -0.1) is 0 Å². The summed E-state index contributed by atoms with van der Waals surface area (Å²) in [5.74, 6) is 1.70. The van der Waals surface area contributed by atoms with Gasteiger partial charge in [0, 0.05) is 6.04 Å². The summed E-state index contributed by atoms with van der Waals surface area (Å²) in [5, 5.41) is 4.04. The lowest BCUT2D eigenvalue weighted by atomic mass is 9.95. The first-order valence-corrected chi connectivity index (χ1v) is 9.18. The Balaban J connectivity index is 1.86. The molecule has 0 radical (unpaired) electrons. The molecule has 2 bridgehead atoms. The van der Waals surface area contributed by atoms with Gasteiger partial charge in [-0.25, -0.2) is 8.42 Å². The van der Waals surface area contributed by atoms with Crippen molar-refractivity contribution in [1.29, 1.82) is 0 Å². The number of rotatable bonds is 4. The molecule has 2 aliphatic carbocycles. The SMILES string of the molecule is CCS(=O)(=O)c1c(N)nsc1NC1CC2CCC1C2. The smallest absolute Gasteiger partial charge is 0.184 e. The number of nitrogens with zero attached hydrogens (tertiary/aromatic N) is 1. The van der Waals surface area contributed by atoms with E-state index in [1.165, 1.54) is 30.8 Å². The van der Waals surface area contributed by atoms with Crippen molar-refractivity contribution in [2.24, 2.45) is 11.8 Å². The Labute approximate surface area is 117 Å². The molecule has 0 aliphatic heterocycles. The summed E-state index contributed by atoms with van der Waals surface area (Å²) in [6.07, 6.45) is 5.01. The van der Waals surface area contributed by atoms with E-state index in [0.29, 0.717) is 17.0 Å². The van der Waals surface area contributed by atoms with E-state index >= 15 is 0 Å². The molecule has 2 fully saturated rings. The summed E-state index contributed by atoms with van der Waals surface area (Å²) >= 11 is 1.17. The summed E-state index contributed by atoms with van der Waals surface area (Å²) in [4.78, 5) is 0.211. The van der Waals surface area contributed by atoms with Crippen molar-refractivity contribution in [2.75, 3.05) is 16.8 Å². The maximum Gasteiger partial charge on any atom is 0.184 e. The molecule has 0 amide bonds. The molecule has 1 heterocycles. The minimum absolute atomic E-state index is 0.0566. The summed E-state index contributed by atoms with van der Waals surface area (Å²) in [6, 6.07) is 0.393. The van der Waals surface area contributed by atoms with Gasteiger partial charge in [-0.1, -0.05) is 13.3 Å². The molecule has 3 rings (SSSR count). The minimum Gasteiger partial charge on any atom is -0.382 e. The van der Waals surface area contributed by atoms with Gasteiger partial charge >= 0.3 is 0 Å². The number of anilines is 2. The standard InChI is InChI=1S/C12H19N3O2S2/c1-2-19(16,17)10-11(13)15-18-12(10)14-9-6-7-3-4-8(9)5-7/h7-9,14H,2-6H2,1H3,(H2,13,15). The van der Waals surface area contributed by atoms with Crippen molar-refractivity contribution >= 4 is 32.2 Å². The Morgan fingerprint density at radius 2 is 2.21 bits per heavy atom. The molecular formula is C12H19N3O2S2. The number of hydrogen-bond donors (Lipinski definition) is 2. The topological polar surface area (TPSA) is 85.1 Å². The molecule has 0 aromatic carbocycles. The van der Waals surface area contributed by atoms with E-state index < -0.39 is 9.84 Å². The van der Waals surface area contributed by atoms with E-state index in [1.54, 1.807) is 6.92 Å². The Hall–Kier alpha value is -0.820. The molecule has 3 atom stereocenters. The zero-order chi connectivity index (χ0) is 13.6. The van der Waals surface area contributed by atoms with Crippen LogP contribution in [0, 0.1) is 11.8 Å². The molecule has 106 valence electrons. The molecule has 3 N–H and O–H groups in total. The van der Waals surface area contributed by atoms with Crippen LogP contribution in [0.25, 0.3) is 0 Å². The molecule has 3 unspecified atom stereocenters. The van der Waals surface area contributed by atoms with Gasteiger partial charge in [0.1, 0.15) is 9.90 Å². The van der Waals surface area contributed by atoms with Crippen LogP contribution in [0.1, 0.15) is 32.6 Å². The van der Waals surface area contributed by atoms with Crippen LogP contribution >= 0.6 is 11.5 Å². The van der Waals surface area contributed by atoms with Crippen LogP contribution < -0.4 is 11.1 Å². The second-order valence-electron chi connectivity index (χ2n) is 5.56. The zero-order valence-electron chi connectivity index (χ0n) is 10.9. The molecule has 0 spiro atoms. The van der Waals surface area contributed by atoms with Gasteiger partial charge in [-0.2, -0.15) is 4.37 Å². The molecule has 0 saturated heterocycles. The minimum atomic E-state index is -3.31. The van der Waals surface area contributed by atoms with Crippen LogP contribution in [0.15, 0.2) is 4.90 Å². The average molecular weight is 301 g/mol. The van der Waals surface area contributed by atoms with E-state index in [2.05, 4.69) is 9.69 Å². The predicted molar refractivity (Wildman–Crippen MR) is 77.1 cm³/mol. The Morgan fingerprint density at radius 1 is 1.42 bits per heavy atom. The molecule has 1 aromatic rings. The van der Waals surface area contributed by atoms with E-state index in [9.17, 15) is 8.42 Å². The van der Waals surface area contributed by atoms with Gasteiger partial charge in [-0.3, -0.25) is 0 Å². The largest absolute Gasteiger partial charge is 0.382 e. The van der Waals surface area contributed by atoms with Gasteiger partial charge in [0.15, 0.2) is 15.7 Å². The molecule has 2 aliphatic rings. The van der Waals surface area contributed by atoms with Crippen LogP contribution in [0.4, 0.5) is 10.8 Å². The Kier molecular flexibility index (Phi) is 3.21. The fourth-order valence-corrected chi connectivity index (χ4v) is 5.64. The summed E-state index contributed by atoms with van der Waals surface area (Å²) < 4.78 is 28.2. The van der Waals surface area contributed by atoms with Crippen LogP contribution in [-0.2, 0) is 9.84 Å². The summed E-state index contributed by atoms with van der Waals surface area (Å²) in [5.41, 5.74) is 5.73. The highest BCUT2D eigenvalue weighted by Gasteiger charge is 2.40. The summed E-state index contributed by atoms with van der Waals surface area (Å²) in [6.45, 7) is 1.63. The van der Waals surface area contributed by atoms with Crippen molar-refractivity contribution in [3.63, 3.8) is 0 Å². The normalized spacial score (nSPS) is 29.8. The van der Waals surface area contributed by atoms with Crippen LogP contribution in [0.2, 0.25) is 0 Å². The monoisotopic (exact) mass is 301 g/mol. The number of sulfone groups is 1. The lowest BCUT2D eigenvalue weighted by Gasteiger charge is -2.23. The first-order chi connectivity index (χ1) is 9.01. The van der Waals surface area contributed by atoms with Crippen LogP contribution in [0.3, 0.4) is 0 Å². The third-order valence-corrected chi connectivity index (χ3v) is 7.14. The van der Waals surface area contributed by atoms with Gasteiger partial charge in [0.25, 0.3) is 0 Å². The van der Waals surface area contributed by atoms with E-state index in [-0.39, 0.29) is 16.5 Å². The zero-order valence-corrected chi connectivity index (χ0v) is 12.6. The quantitative estimate of drug-likeness (QED) is 0.889. The fourth-order valence-electron chi connectivity index (χ4n) is 3.42. The molecule has 19 heavy (non-hydrogen) atoms. The van der Waals surface area contributed by atoms with Crippen molar-refractivity contribution in [3.05, 3.63) is 0 Å². The second-order valence-corrected chi connectivity index (χ2v) is 8.54. The number of nitrogen functional groups attached to an aromatic ring is 1. The lowest BCUT2D eigenvalue weighted by molar-refractivity contribution is 0.440. The second kappa shape index (κ2) is 4.63. The molecule has 5 nitrogen and oxygen atoms in total. The number of hydrogen-bond acceptors (Lipinski definition) is 6. The van der Waals surface area contributed by atoms with Crippen LogP contribution in [0.5, 0.6) is 0 Å². The third kappa shape index (κ3) is 2.23. The van der Waals surface area contributed by atoms with Gasteiger partial charge in [0.2, 0.25) is 0 Å². The molecule has 1 aromatic heterocycles. The summed E-state index contributed by atoms with van der Waals surface area (Å²) in [7, 11) is -3.31. The first kappa shape index (κ1) is 13.2. The first-order valence-electron chi connectivity index (χ1n) is 6.75. The highest BCUT2D eigenvalue weighted by Crippen LogP contribution is 2.46. The maximum absolute atomic E-state index is 12.1. The van der Waals surface area contributed by atoms with Gasteiger partial charge in [0.05, 0.1) is 5.75 Å². The number of aromatic nitrogens is 1. The number of nitrogens with one attached hydrogen (secondary N) is 1. The van der Waals surface area contributed by atoms with E-state index in [4.69, 9.17) is 5.73 Å². The van der Waals surface area contributed by atoms with Crippen molar-refractivity contribution in [2.45, 2.75) is 43.5 Å².